The topological polar surface area (TPSA) is 66.4 Å². The monoisotopic (exact) mass is 201 g/mol. The Morgan fingerprint density at radius 3 is 2.07 bits per heavy atom. The Kier molecular flexibility index (Phi) is 5.20. The van der Waals surface area contributed by atoms with Crippen molar-refractivity contribution in [3.8, 4) is 0 Å². The van der Waals surface area contributed by atoms with Crippen LogP contribution in [0, 0.1) is 11.8 Å². The molecule has 82 valence electrons. The fraction of sp³-hybridized carbons (Fsp3) is 0.800. The van der Waals surface area contributed by atoms with E-state index in [0.29, 0.717) is 0 Å². The summed E-state index contributed by atoms with van der Waals surface area (Å²) in [7, 11) is 0. The van der Waals surface area contributed by atoms with Gasteiger partial charge in [-0.3, -0.25) is 4.79 Å². The van der Waals surface area contributed by atoms with Crippen molar-refractivity contribution in [1.29, 1.82) is 0 Å². The Morgan fingerprint density at radius 2 is 1.79 bits per heavy atom. The zero-order chi connectivity index (χ0) is 11.3. The third-order valence-corrected chi connectivity index (χ3v) is 2.30. The molecule has 0 heterocycles. The number of aliphatic carboxylic acids is 1. The maximum atomic E-state index is 11.3. The lowest BCUT2D eigenvalue weighted by Crippen LogP contribution is -2.46. The van der Waals surface area contributed by atoms with Gasteiger partial charge in [0.05, 0.1) is 0 Å². The highest BCUT2D eigenvalue weighted by atomic mass is 16.4. The van der Waals surface area contributed by atoms with Gasteiger partial charge in [-0.25, -0.2) is 4.79 Å². The van der Waals surface area contributed by atoms with Gasteiger partial charge >= 0.3 is 5.97 Å². The van der Waals surface area contributed by atoms with Gasteiger partial charge < -0.3 is 10.4 Å². The Labute approximate surface area is 84.7 Å². The second-order valence-corrected chi connectivity index (χ2v) is 3.86. The normalized spacial score (nSPS) is 14.9. The molecule has 1 amide bonds. The first-order valence-electron chi connectivity index (χ1n) is 4.93. The van der Waals surface area contributed by atoms with Gasteiger partial charge in [-0.05, 0) is 5.92 Å². The summed E-state index contributed by atoms with van der Waals surface area (Å²) < 4.78 is 0. The minimum atomic E-state index is -0.964. The van der Waals surface area contributed by atoms with Gasteiger partial charge in [-0.15, -0.1) is 0 Å². The van der Waals surface area contributed by atoms with Gasteiger partial charge in [-0.1, -0.05) is 34.1 Å². The average molecular weight is 201 g/mol. The molecule has 0 saturated carbocycles. The van der Waals surface area contributed by atoms with Gasteiger partial charge in [0.2, 0.25) is 5.91 Å². The van der Waals surface area contributed by atoms with E-state index in [2.05, 4.69) is 5.32 Å². The van der Waals surface area contributed by atoms with E-state index in [0.717, 1.165) is 6.42 Å². The van der Waals surface area contributed by atoms with Crippen LogP contribution in [0.2, 0.25) is 0 Å². The number of rotatable bonds is 5. The van der Waals surface area contributed by atoms with Crippen molar-refractivity contribution >= 4 is 11.9 Å². The predicted octanol–water partition coefficient (Wildman–Crippen LogP) is 1.26. The molecule has 2 N–H and O–H groups in total. The Hall–Kier alpha value is -1.06. The van der Waals surface area contributed by atoms with E-state index < -0.39 is 12.0 Å². The summed E-state index contributed by atoms with van der Waals surface area (Å²) in [6, 6.07) is -0.769. The lowest BCUT2D eigenvalue weighted by molar-refractivity contribution is -0.143. The number of carbonyl (C=O) groups is 2. The van der Waals surface area contributed by atoms with E-state index >= 15 is 0 Å². The fourth-order valence-electron chi connectivity index (χ4n) is 1.00. The van der Waals surface area contributed by atoms with Crippen LogP contribution in [-0.4, -0.2) is 23.0 Å². The molecule has 0 aliphatic rings. The number of nitrogens with one attached hydrogen (secondary N) is 1. The number of hydrogen-bond acceptors (Lipinski definition) is 2. The molecule has 0 bridgehead atoms. The van der Waals surface area contributed by atoms with Crippen LogP contribution in [0.5, 0.6) is 0 Å². The molecule has 4 heteroatoms. The summed E-state index contributed by atoms with van der Waals surface area (Å²) >= 11 is 0. The van der Waals surface area contributed by atoms with E-state index in [-0.39, 0.29) is 17.7 Å². The van der Waals surface area contributed by atoms with Crippen LogP contribution in [0.25, 0.3) is 0 Å². The molecule has 0 aromatic rings. The summed E-state index contributed by atoms with van der Waals surface area (Å²) in [5.41, 5.74) is 0. The van der Waals surface area contributed by atoms with Crippen molar-refractivity contribution in [3.05, 3.63) is 0 Å². The van der Waals surface area contributed by atoms with Crippen molar-refractivity contribution in [3.63, 3.8) is 0 Å². The molecule has 2 atom stereocenters. The second-order valence-electron chi connectivity index (χ2n) is 3.86. The zero-order valence-electron chi connectivity index (χ0n) is 9.20. The standard InChI is InChI=1S/C10H19NO3/c1-5-7(4)8(10(13)14)11-9(12)6(2)3/h6-8H,5H2,1-4H3,(H,11,12)(H,13,14)/t7-,8+/m1/s1. The molecule has 0 saturated heterocycles. The highest BCUT2D eigenvalue weighted by Crippen LogP contribution is 2.08. The molecule has 14 heavy (non-hydrogen) atoms. The van der Waals surface area contributed by atoms with Crippen LogP contribution in [0.3, 0.4) is 0 Å². The van der Waals surface area contributed by atoms with Gasteiger partial charge in [0.1, 0.15) is 6.04 Å². The molecule has 4 nitrogen and oxygen atoms in total. The summed E-state index contributed by atoms with van der Waals surface area (Å²) in [5, 5.41) is 11.4. The van der Waals surface area contributed by atoms with Crippen molar-refractivity contribution in [2.45, 2.75) is 40.2 Å². The van der Waals surface area contributed by atoms with E-state index in [9.17, 15) is 9.59 Å². The first kappa shape index (κ1) is 12.9. The molecule has 0 aromatic heterocycles. The highest BCUT2D eigenvalue weighted by molar-refractivity contribution is 5.84. The quantitative estimate of drug-likeness (QED) is 0.703. The Balaban J connectivity index is 4.38. The number of hydrogen-bond donors (Lipinski definition) is 2. The molecule has 0 radical (unpaired) electrons. The second kappa shape index (κ2) is 5.62. The van der Waals surface area contributed by atoms with Crippen molar-refractivity contribution in [2.24, 2.45) is 11.8 Å². The smallest absolute Gasteiger partial charge is 0.326 e. The van der Waals surface area contributed by atoms with Crippen molar-refractivity contribution in [1.82, 2.24) is 5.32 Å². The predicted molar refractivity (Wildman–Crippen MR) is 53.9 cm³/mol. The summed E-state index contributed by atoms with van der Waals surface area (Å²) in [6.07, 6.45) is 0.731. The van der Waals surface area contributed by atoms with Crippen molar-refractivity contribution in [2.75, 3.05) is 0 Å². The summed E-state index contributed by atoms with van der Waals surface area (Å²) in [4.78, 5) is 22.1. The number of amides is 1. The molecule has 0 aromatic carbocycles. The highest BCUT2D eigenvalue weighted by Gasteiger charge is 2.25. The fourth-order valence-corrected chi connectivity index (χ4v) is 1.00. The molecular weight excluding hydrogens is 182 g/mol. The third-order valence-electron chi connectivity index (χ3n) is 2.30. The molecule has 0 aliphatic heterocycles. The van der Waals surface area contributed by atoms with Gasteiger partial charge in [0.25, 0.3) is 0 Å². The van der Waals surface area contributed by atoms with E-state index in [4.69, 9.17) is 5.11 Å². The first-order valence-corrected chi connectivity index (χ1v) is 4.93. The van der Waals surface area contributed by atoms with Crippen LogP contribution in [0.1, 0.15) is 34.1 Å². The molecule has 0 unspecified atom stereocenters. The number of carboxylic acids is 1. The molecule has 0 rings (SSSR count). The number of carboxylic acid groups (broad SMARTS) is 1. The summed E-state index contributed by atoms with van der Waals surface area (Å²) in [6.45, 7) is 7.21. The molecular formula is C10H19NO3. The lowest BCUT2D eigenvalue weighted by Gasteiger charge is -2.21. The average Bonchev–Trinajstić information content (AvgIpc) is 2.11. The zero-order valence-corrected chi connectivity index (χ0v) is 9.20. The SMILES string of the molecule is CC[C@@H](C)[C@H](NC(=O)C(C)C)C(=O)O. The van der Waals surface area contributed by atoms with Crippen LogP contribution < -0.4 is 5.32 Å². The summed E-state index contributed by atoms with van der Waals surface area (Å²) in [5.74, 6) is -1.40. The van der Waals surface area contributed by atoms with Gasteiger partial charge in [0, 0.05) is 5.92 Å². The van der Waals surface area contributed by atoms with Crippen molar-refractivity contribution < 1.29 is 14.7 Å². The first-order chi connectivity index (χ1) is 6.40. The Bertz CT molecular complexity index is 213. The van der Waals surface area contributed by atoms with Crippen LogP contribution in [-0.2, 0) is 9.59 Å². The minimum Gasteiger partial charge on any atom is -0.480 e. The lowest BCUT2D eigenvalue weighted by atomic mass is 9.98. The van der Waals surface area contributed by atoms with Crippen LogP contribution >= 0.6 is 0 Å². The van der Waals surface area contributed by atoms with Crippen LogP contribution in [0.4, 0.5) is 0 Å². The largest absolute Gasteiger partial charge is 0.480 e. The molecule has 0 fully saturated rings. The maximum Gasteiger partial charge on any atom is 0.326 e. The Morgan fingerprint density at radius 1 is 1.29 bits per heavy atom. The van der Waals surface area contributed by atoms with Crippen LogP contribution in [0.15, 0.2) is 0 Å². The minimum absolute atomic E-state index is 0.0461. The van der Waals surface area contributed by atoms with E-state index in [1.165, 1.54) is 0 Å². The maximum absolute atomic E-state index is 11.3. The number of carbonyl (C=O) groups excluding carboxylic acids is 1. The van der Waals surface area contributed by atoms with Gasteiger partial charge in [-0.2, -0.15) is 0 Å². The molecule has 0 spiro atoms. The van der Waals surface area contributed by atoms with E-state index in [1.54, 1.807) is 13.8 Å². The molecule has 0 aliphatic carbocycles. The van der Waals surface area contributed by atoms with Gasteiger partial charge in [0.15, 0.2) is 0 Å². The van der Waals surface area contributed by atoms with E-state index in [1.807, 2.05) is 13.8 Å². The third kappa shape index (κ3) is 3.77.